The summed E-state index contributed by atoms with van der Waals surface area (Å²) in [7, 11) is 0. The summed E-state index contributed by atoms with van der Waals surface area (Å²) in [6.45, 7) is 3.65. The average molecular weight is 396 g/mol. The largest absolute Gasteiger partial charge is 0.457 e. The third-order valence-corrected chi connectivity index (χ3v) is 5.01. The first-order valence-corrected chi connectivity index (χ1v) is 9.08. The molecule has 2 aromatic rings. The van der Waals surface area contributed by atoms with Gasteiger partial charge in [0.2, 0.25) is 5.91 Å². The highest BCUT2D eigenvalue weighted by Crippen LogP contribution is 2.27. The van der Waals surface area contributed by atoms with E-state index >= 15 is 0 Å². The van der Waals surface area contributed by atoms with Gasteiger partial charge in [0.05, 0.1) is 10.8 Å². The van der Waals surface area contributed by atoms with Crippen LogP contribution < -0.4 is 4.90 Å². The Morgan fingerprint density at radius 3 is 2.45 bits per heavy atom. The molecule has 150 valence electrons. The lowest BCUT2D eigenvalue weighted by Gasteiger charge is -2.17. The molecule has 0 N–H and O–H groups in total. The highest BCUT2D eigenvalue weighted by molar-refractivity contribution is 6.01. The van der Waals surface area contributed by atoms with Crippen LogP contribution in [0, 0.1) is 29.9 Å². The number of carbonyl (C=O) groups is 3. The van der Waals surface area contributed by atoms with Gasteiger partial charge >= 0.3 is 5.97 Å². The fraction of sp³-hybridized carbons (Fsp3) is 0.286. The van der Waals surface area contributed by atoms with Crippen LogP contribution in [0.15, 0.2) is 42.5 Å². The molecular weight excluding hydrogens is 376 g/mol. The SMILES string of the molecule is Cc1ccc(N2C[C@@H](C(=O)OCC(=O)c3ccc([N+](=O)[O-])cc3)CC2=O)cc1C. The van der Waals surface area contributed by atoms with E-state index in [1.165, 1.54) is 24.3 Å². The molecule has 29 heavy (non-hydrogen) atoms. The number of rotatable bonds is 6. The lowest BCUT2D eigenvalue weighted by atomic mass is 10.1. The fourth-order valence-electron chi connectivity index (χ4n) is 3.12. The summed E-state index contributed by atoms with van der Waals surface area (Å²) in [5, 5.41) is 10.7. The van der Waals surface area contributed by atoms with Gasteiger partial charge in [-0.05, 0) is 49.2 Å². The fourth-order valence-corrected chi connectivity index (χ4v) is 3.12. The minimum Gasteiger partial charge on any atom is -0.457 e. The Morgan fingerprint density at radius 2 is 1.83 bits per heavy atom. The zero-order valence-corrected chi connectivity index (χ0v) is 16.1. The van der Waals surface area contributed by atoms with Gasteiger partial charge in [0.15, 0.2) is 12.4 Å². The van der Waals surface area contributed by atoms with Gasteiger partial charge in [-0.15, -0.1) is 0 Å². The Kier molecular flexibility index (Phi) is 5.72. The van der Waals surface area contributed by atoms with Crippen LogP contribution in [-0.2, 0) is 14.3 Å². The number of esters is 1. The van der Waals surface area contributed by atoms with Crippen LogP contribution in [0.5, 0.6) is 0 Å². The second kappa shape index (κ2) is 8.22. The van der Waals surface area contributed by atoms with Gasteiger partial charge in [0, 0.05) is 36.3 Å². The number of aryl methyl sites for hydroxylation is 2. The molecule has 0 aromatic heterocycles. The number of anilines is 1. The van der Waals surface area contributed by atoms with E-state index in [0.29, 0.717) is 0 Å². The van der Waals surface area contributed by atoms with Crippen molar-refractivity contribution in [3.63, 3.8) is 0 Å². The molecule has 1 saturated heterocycles. The topological polar surface area (TPSA) is 107 Å². The molecule has 1 amide bonds. The Labute approximate surface area is 167 Å². The van der Waals surface area contributed by atoms with Crippen molar-refractivity contribution in [3.8, 4) is 0 Å². The zero-order chi connectivity index (χ0) is 21.1. The van der Waals surface area contributed by atoms with Gasteiger partial charge < -0.3 is 9.64 Å². The van der Waals surface area contributed by atoms with Crippen LogP contribution in [0.25, 0.3) is 0 Å². The van der Waals surface area contributed by atoms with Crippen LogP contribution in [-0.4, -0.2) is 35.7 Å². The van der Waals surface area contributed by atoms with Crippen LogP contribution in [0.1, 0.15) is 27.9 Å². The molecule has 0 bridgehead atoms. The van der Waals surface area contributed by atoms with E-state index in [1.807, 2.05) is 32.0 Å². The normalized spacial score (nSPS) is 16.0. The third kappa shape index (κ3) is 4.48. The summed E-state index contributed by atoms with van der Waals surface area (Å²) < 4.78 is 5.09. The minimum atomic E-state index is -0.645. The number of nitro benzene ring substituents is 1. The molecule has 2 aromatic carbocycles. The summed E-state index contributed by atoms with van der Waals surface area (Å²) in [5.74, 6) is -1.89. The average Bonchev–Trinajstić information content (AvgIpc) is 3.09. The van der Waals surface area contributed by atoms with Crippen LogP contribution >= 0.6 is 0 Å². The Balaban J connectivity index is 1.58. The van der Waals surface area contributed by atoms with Crippen molar-refractivity contribution in [2.45, 2.75) is 20.3 Å². The molecule has 0 aliphatic carbocycles. The summed E-state index contributed by atoms with van der Waals surface area (Å²) >= 11 is 0. The lowest BCUT2D eigenvalue weighted by Crippen LogP contribution is -2.27. The second-order valence-corrected chi connectivity index (χ2v) is 7.01. The number of ether oxygens (including phenoxy) is 1. The number of hydrogen-bond acceptors (Lipinski definition) is 6. The van der Waals surface area contributed by atoms with Gasteiger partial charge in [0.1, 0.15) is 0 Å². The van der Waals surface area contributed by atoms with Crippen LogP contribution in [0.4, 0.5) is 11.4 Å². The van der Waals surface area contributed by atoms with Gasteiger partial charge in [-0.25, -0.2) is 0 Å². The predicted octanol–water partition coefficient (Wildman–Crippen LogP) is 2.99. The van der Waals surface area contributed by atoms with Gasteiger partial charge in [-0.3, -0.25) is 24.5 Å². The highest BCUT2D eigenvalue weighted by atomic mass is 16.6. The highest BCUT2D eigenvalue weighted by Gasteiger charge is 2.36. The van der Waals surface area contributed by atoms with Crippen molar-refractivity contribution in [3.05, 3.63) is 69.3 Å². The number of hydrogen-bond donors (Lipinski definition) is 0. The molecule has 1 heterocycles. The van der Waals surface area contributed by atoms with E-state index in [-0.39, 0.29) is 30.1 Å². The molecule has 0 spiro atoms. The quantitative estimate of drug-likeness (QED) is 0.322. The van der Waals surface area contributed by atoms with E-state index in [1.54, 1.807) is 4.90 Å². The smallest absolute Gasteiger partial charge is 0.311 e. The number of nitro groups is 1. The van der Waals surface area contributed by atoms with Crippen molar-refractivity contribution in [1.82, 2.24) is 0 Å². The molecule has 1 aliphatic heterocycles. The first-order chi connectivity index (χ1) is 13.8. The molecule has 0 unspecified atom stereocenters. The van der Waals surface area contributed by atoms with E-state index in [9.17, 15) is 24.5 Å². The second-order valence-electron chi connectivity index (χ2n) is 7.01. The standard InChI is InChI=1S/C21H20N2O6/c1-13-3-6-18(9-14(13)2)22-11-16(10-20(22)25)21(26)29-12-19(24)15-4-7-17(8-5-15)23(27)28/h3-9,16H,10-12H2,1-2H3/t16-/m0/s1. The maximum Gasteiger partial charge on any atom is 0.311 e. The maximum atomic E-state index is 12.3. The van der Waals surface area contributed by atoms with Crippen molar-refractivity contribution in [1.29, 1.82) is 0 Å². The van der Waals surface area contributed by atoms with E-state index < -0.39 is 29.2 Å². The molecule has 8 heteroatoms. The molecule has 0 radical (unpaired) electrons. The van der Waals surface area contributed by atoms with E-state index in [2.05, 4.69) is 0 Å². The maximum absolute atomic E-state index is 12.3. The van der Waals surface area contributed by atoms with Crippen molar-refractivity contribution in [2.75, 3.05) is 18.1 Å². The number of carbonyl (C=O) groups excluding carboxylic acids is 3. The molecule has 1 atom stereocenters. The van der Waals surface area contributed by atoms with Crippen LogP contribution in [0.2, 0.25) is 0 Å². The van der Waals surface area contributed by atoms with Crippen molar-refractivity contribution >= 4 is 29.0 Å². The summed E-state index contributed by atoms with van der Waals surface area (Å²) in [4.78, 5) is 48.4. The zero-order valence-electron chi connectivity index (χ0n) is 16.1. The minimum absolute atomic E-state index is 0.0253. The first-order valence-electron chi connectivity index (χ1n) is 9.08. The summed E-state index contributed by atoms with van der Waals surface area (Å²) in [5.41, 5.74) is 2.98. The Morgan fingerprint density at radius 1 is 1.14 bits per heavy atom. The first kappa shape index (κ1) is 20.2. The number of ketones is 1. The van der Waals surface area contributed by atoms with Crippen molar-refractivity contribution < 1.29 is 24.0 Å². The Hall–Kier alpha value is -3.55. The molecule has 1 aliphatic rings. The van der Waals surface area contributed by atoms with Crippen LogP contribution in [0.3, 0.4) is 0 Å². The molecule has 3 rings (SSSR count). The third-order valence-electron chi connectivity index (χ3n) is 5.01. The lowest BCUT2D eigenvalue weighted by molar-refractivity contribution is -0.384. The number of Topliss-reactive ketones (excluding diaryl/α,β-unsaturated/α-hetero) is 1. The number of non-ortho nitro benzene ring substituents is 1. The van der Waals surface area contributed by atoms with E-state index in [4.69, 9.17) is 4.74 Å². The predicted molar refractivity (Wildman–Crippen MR) is 105 cm³/mol. The summed E-state index contributed by atoms with van der Waals surface area (Å²) in [6, 6.07) is 10.7. The van der Waals surface area contributed by atoms with Gasteiger partial charge in [0.25, 0.3) is 5.69 Å². The summed E-state index contributed by atoms with van der Waals surface area (Å²) in [6.07, 6.45) is 0.0253. The van der Waals surface area contributed by atoms with Crippen molar-refractivity contribution in [2.24, 2.45) is 5.92 Å². The van der Waals surface area contributed by atoms with E-state index in [0.717, 1.165) is 16.8 Å². The number of benzene rings is 2. The Bertz CT molecular complexity index is 983. The number of amides is 1. The molecule has 1 fully saturated rings. The molecule has 8 nitrogen and oxygen atoms in total. The van der Waals surface area contributed by atoms with Gasteiger partial charge in [-0.2, -0.15) is 0 Å². The van der Waals surface area contributed by atoms with Gasteiger partial charge in [-0.1, -0.05) is 6.07 Å². The monoisotopic (exact) mass is 396 g/mol. The molecular formula is C21H20N2O6. The molecule has 0 saturated carbocycles. The number of nitrogens with zero attached hydrogens (tertiary/aromatic N) is 2.